The number of piperidine rings is 1. The van der Waals surface area contributed by atoms with Crippen LogP contribution in [-0.4, -0.2) is 91.7 Å². The van der Waals surface area contributed by atoms with Crippen molar-refractivity contribution in [2.45, 2.75) is 37.5 Å². The maximum absolute atomic E-state index is 13.4. The molecule has 1 unspecified atom stereocenters. The number of nitrogens with zero attached hydrogens (tertiary/aromatic N) is 6. The molecule has 6 rings (SSSR count). The SMILES string of the molecule is C=CC(=O)Nc1cc(Nc2cc(N3OCCC3c3cccc(C(F)(F)F)c3)ncn2)c(OC)cc1N1CCC(N2CCN(C)CC2)CC1. The molecule has 0 spiro atoms. The predicted molar refractivity (Wildman–Crippen MR) is 179 cm³/mol. The van der Waals surface area contributed by atoms with Gasteiger partial charge in [0, 0.05) is 63.9 Å². The summed E-state index contributed by atoms with van der Waals surface area (Å²) in [5, 5.41) is 7.75. The molecule has 256 valence electrons. The lowest BCUT2D eigenvalue weighted by Crippen LogP contribution is -2.52. The molecule has 3 aliphatic heterocycles. The minimum atomic E-state index is -4.45. The number of aromatic nitrogens is 2. The number of hydrogen-bond acceptors (Lipinski definition) is 10. The van der Waals surface area contributed by atoms with E-state index in [1.165, 1.54) is 23.5 Å². The maximum Gasteiger partial charge on any atom is 0.416 e. The topological polar surface area (TPSA) is 98.3 Å². The molecule has 1 amide bonds. The summed E-state index contributed by atoms with van der Waals surface area (Å²) >= 11 is 0. The third kappa shape index (κ3) is 7.50. The van der Waals surface area contributed by atoms with Gasteiger partial charge in [-0.15, -0.1) is 0 Å². The fourth-order valence-corrected chi connectivity index (χ4v) is 6.63. The monoisotopic (exact) mass is 666 g/mol. The summed E-state index contributed by atoms with van der Waals surface area (Å²) in [6, 6.07) is 10.7. The number of nitrogens with one attached hydrogen (secondary N) is 2. The summed E-state index contributed by atoms with van der Waals surface area (Å²) in [4.78, 5) is 34.3. The summed E-state index contributed by atoms with van der Waals surface area (Å²) < 4.78 is 46.1. The average Bonchev–Trinajstić information content (AvgIpc) is 3.59. The first kappa shape index (κ1) is 33.5. The van der Waals surface area contributed by atoms with Gasteiger partial charge in [0.1, 0.15) is 17.9 Å². The van der Waals surface area contributed by atoms with Crippen molar-refractivity contribution in [3.05, 3.63) is 72.6 Å². The Hall–Kier alpha value is -4.40. The van der Waals surface area contributed by atoms with Crippen molar-refractivity contribution >= 4 is 34.6 Å². The van der Waals surface area contributed by atoms with Crippen LogP contribution in [0.3, 0.4) is 0 Å². The highest BCUT2D eigenvalue weighted by Crippen LogP contribution is 2.41. The lowest BCUT2D eigenvalue weighted by molar-refractivity contribution is -0.137. The van der Waals surface area contributed by atoms with Crippen LogP contribution in [0.15, 0.2) is 61.4 Å². The minimum absolute atomic E-state index is 0.321. The number of amides is 1. The number of hydroxylamine groups is 1. The zero-order valence-corrected chi connectivity index (χ0v) is 27.2. The normalized spacial score (nSPS) is 19.7. The Kier molecular flexibility index (Phi) is 10.0. The van der Waals surface area contributed by atoms with Gasteiger partial charge in [-0.2, -0.15) is 13.2 Å². The second-order valence-electron chi connectivity index (χ2n) is 12.3. The lowest BCUT2D eigenvalue weighted by Gasteiger charge is -2.43. The van der Waals surface area contributed by atoms with Crippen molar-refractivity contribution in [1.82, 2.24) is 19.8 Å². The van der Waals surface area contributed by atoms with Crippen LogP contribution in [0.4, 0.5) is 41.9 Å². The third-order valence-electron chi connectivity index (χ3n) is 9.27. The number of halogens is 3. The molecule has 0 saturated carbocycles. The number of methoxy groups -OCH3 is 1. The number of rotatable bonds is 9. The Morgan fingerprint density at radius 3 is 2.50 bits per heavy atom. The molecule has 14 heteroatoms. The molecule has 4 heterocycles. The van der Waals surface area contributed by atoms with Crippen LogP contribution >= 0.6 is 0 Å². The molecule has 11 nitrogen and oxygen atoms in total. The zero-order valence-electron chi connectivity index (χ0n) is 27.2. The molecule has 3 saturated heterocycles. The molecule has 0 radical (unpaired) electrons. The van der Waals surface area contributed by atoms with E-state index in [2.05, 4.69) is 48.9 Å². The Bertz CT molecular complexity index is 1610. The highest BCUT2D eigenvalue weighted by Gasteiger charge is 2.34. The van der Waals surface area contributed by atoms with Gasteiger partial charge in [0.25, 0.3) is 0 Å². The van der Waals surface area contributed by atoms with E-state index in [1.54, 1.807) is 19.2 Å². The fourth-order valence-electron chi connectivity index (χ4n) is 6.63. The molecule has 0 bridgehead atoms. The van der Waals surface area contributed by atoms with Crippen LogP contribution in [-0.2, 0) is 15.8 Å². The van der Waals surface area contributed by atoms with E-state index < -0.39 is 17.8 Å². The first-order valence-corrected chi connectivity index (χ1v) is 16.1. The highest BCUT2D eigenvalue weighted by atomic mass is 19.4. The van der Waals surface area contributed by atoms with Gasteiger partial charge in [-0.1, -0.05) is 18.7 Å². The van der Waals surface area contributed by atoms with E-state index >= 15 is 0 Å². The molecule has 48 heavy (non-hydrogen) atoms. The lowest BCUT2D eigenvalue weighted by atomic mass is 10.0. The van der Waals surface area contributed by atoms with Gasteiger partial charge < -0.3 is 25.2 Å². The quantitative estimate of drug-likeness (QED) is 0.286. The molecule has 1 aromatic heterocycles. The van der Waals surface area contributed by atoms with Crippen LogP contribution in [0.1, 0.15) is 36.4 Å². The van der Waals surface area contributed by atoms with Gasteiger partial charge >= 0.3 is 6.18 Å². The van der Waals surface area contributed by atoms with E-state index in [0.717, 1.165) is 69.9 Å². The largest absolute Gasteiger partial charge is 0.494 e. The summed E-state index contributed by atoms with van der Waals surface area (Å²) in [7, 11) is 3.74. The highest BCUT2D eigenvalue weighted by molar-refractivity contribution is 6.02. The van der Waals surface area contributed by atoms with E-state index in [9.17, 15) is 18.0 Å². The van der Waals surface area contributed by atoms with E-state index in [4.69, 9.17) is 9.57 Å². The predicted octanol–water partition coefficient (Wildman–Crippen LogP) is 5.47. The number of carbonyl (C=O) groups excluding carboxylic acids is 1. The van der Waals surface area contributed by atoms with Crippen molar-refractivity contribution in [2.75, 3.05) is 80.6 Å². The van der Waals surface area contributed by atoms with Crippen LogP contribution in [0.2, 0.25) is 0 Å². The standard InChI is InChI=1S/C34H41F3N8O3/c1-4-33(46)41-26-19-27(30(47-3)20-29(26)44-11-8-25(9-12-44)43-15-13-42(2)14-16-43)40-31-21-32(39-22-38-31)45-28(10-17-48-45)23-6-5-7-24(18-23)34(35,36)37/h4-7,18-22,25,28H,1,8-17H2,2-3H3,(H,41,46)(H,38,39,40). The van der Waals surface area contributed by atoms with Crippen LogP contribution in [0.25, 0.3) is 0 Å². The van der Waals surface area contributed by atoms with E-state index in [-0.39, 0.29) is 5.91 Å². The molecular formula is C34H41F3N8O3. The molecular weight excluding hydrogens is 625 g/mol. The smallest absolute Gasteiger partial charge is 0.416 e. The van der Waals surface area contributed by atoms with E-state index in [0.29, 0.717) is 53.4 Å². The first-order chi connectivity index (χ1) is 23.1. The van der Waals surface area contributed by atoms with Gasteiger partial charge in [-0.25, -0.2) is 15.0 Å². The number of benzene rings is 2. The number of alkyl halides is 3. The summed E-state index contributed by atoms with van der Waals surface area (Å²) in [5.41, 5.74) is 1.76. The van der Waals surface area contributed by atoms with Crippen LogP contribution < -0.4 is 25.3 Å². The minimum Gasteiger partial charge on any atom is -0.494 e. The van der Waals surface area contributed by atoms with Crippen molar-refractivity contribution in [1.29, 1.82) is 0 Å². The van der Waals surface area contributed by atoms with Gasteiger partial charge in [-0.05, 0) is 49.7 Å². The van der Waals surface area contributed by atoms with E-state index in [1.807, 2.05) is 12.1 Å². The molecule has 1 atom stereocenters. The van der Waals surface area contributed by atoms with Gasteiger partial charge in [0.15, 0.2) is 5.82 Å². The molecule has 2 N–H and O–H groups in total. The Morgan fingerprint density at radius 2 is 1.79 bits per heavy atom. The maximum atomic E-state index is 13.4. The Morgan fingerprint density at radius 1 is 1.02 bits per heavy atom. The van der Waals surface area contributed by atoms with Crippen molar-refractivity contribution in [3.8, 4) is 5.75 Å². The second-order valence-corrected chi connectivity index (χ2v) is 12.3. The number of piperazine rings is 1. The number of carbonyl (C=O) groups is 1. The van der Waals surface area contributed by atoms with Gasteiger partial charge in [-0.3, -0.25) is 14.5 Å². The molecule has 3 aromatic rings. The Labute approximate surface area is 278 Å². The first-order valence-electron chi connectivity index (χ1n) is 16.1. The zero-order chi connectivity index (χ0) is 33.8. The van der Waals surface area contributed by atoms with Crippen molar-refractivity contribution < 1.29 is 27.5 Å². The molecule has 0 aliphatic carbocycles. The third-order valence-corrected chi connectivity index (χ3v) is 9.27. The number of anilines is 5. The van der Waals surface area contributed by atoms with Crippen LogP contribution in [0, 0.1) is 0 Å². The fraction of sp³-hybridized carbons (Fsp3) is 0.441. The van der Waals surface area contributed by atoms with Crippen LogP contribution in [0.5, 0.6) is 5.75 Å². The van der Waals surface area contributed by atoms with Gasteiger partial charge in [0.2, 0.25) is 5.91 Å². The van der Waals surface area contributed by atoms with Crippen molar-refractivity contribution in [3.63, 3.8) is 0 Å². The molecule has 2 aromatic carbocycles. The summed E-state index contributed by atoms with van der Waals surface area (Å²) in [6.07, 6.45) is 0.659. The molecule has 3 fully saturated rings. The Balaban J connectivity index is 1.22. The number of ether oxygens (including phenoxy) is 1. The van der Waals surface area contributed by atoms with Gasteiger partial charge in [0.05, 0.1) is 42.4 Å². The summed E-state index contributed by atoms with van der Waals surface area (Å²) in [6.45, 7) is 9.93. The summed E-state index contributed by atoms with van der Waals surface area (Å²) in [5.74, 6) is 0.989. The van der Waals surface area contributed by atoms with Crippen molar-refractivity contribution in [2.24, 2.45) is 0 Å². The second kappa shape index (κ2) is 14.4. The number of hydrogen-bond donors (Lipinski definition) is 2. The molecule has 3 aliphatic rings. The number of likely N-dealkylation sites (N-methyl/N-ethyl adjacent to an activating group) is 1. The average molecular weight is 667 g/mol.